The second-order valence-electron chi connectivity index (χ2n) is 3.11. The lowest BCUT2D eigenvalue weighted by atomic mass is 10.4. The van der Waals surface area contributed by atoms with E-state index >= 15 is 0 Å². The Kier molecular flexibility index (Phi) is 1.43. The molecule has 0 saturated carbocycles. The van der Waals surface area contributed by atoms with Crippen molar-refractivity contribution in [2.24, 2.45) is 0 Å². The van der Waals surface area contributed by atoms with E-state index in [0.29, 0.717) is 6.17 Å². The van der Waals surface area contributed by atoms with E-state index in [1.54, 1.807) is 12.4 Å². The highest BCUT2D eigenvalue weighted by Crippen LogP contribution is 2.35. The van der Waals surface area contributed by atoms with Gasteiger partial charge in [-0.2, -0.15) is 10.2 Å². The summed E-state index contributed by atoms with van der Waals surface area (Å²) in [6, 6.07) is 0. The third kappa shape index (κ3) is 0.776. The predicted molar refractivity (Wildman–Crippen MR) is 48.3 cm³/mol. The van der Waals surface area contributed by atoms with Gasteiger partial charge in [0, 0.05) is 14.1 Å². The van der Waals surface area contributed by atoms with Gasteiger partial charge in [-0.05, 0) is 6.92 Å². The molecule has 0 saturated heterocycles. The maximum Gasteiger partial charge on any atom is 0.0983 e. The van der Waals surface area contributed by atoms with E-state index in [1.807, 2.05) is 0 Å². The van der Waals surface area contributed by atoms with E-state index in [2.05, 4.69) is 41.0 Å². The summed E-state index contributed by atoms with van der Waals surface area (Å²) in [6.07, 6.45) is 4.00. The van der Waals surface area contributed by atoms with Gasteiger partial charge in [-0.25, -0.2) is 0 Å². The molecule has 64 valence electrons. The van der Waals surface area contributed by atoms with Crippen molar-refractivity contribution in [2.45, 2.75) is 13.1 Å². The highest BCUT2D eigenvalue weighted by atomic mass is 15.4. The van der Waals surface area contributed by atoms with Crippen LogP contribution < -0.4 is 9.80 Å². The molecule has 0 atom stereocenters. The molecule has 4 heteroatoms. The SMILES string of the molecule is CC1N(C)c2cnncc2N1C. The third-order valence-electron chi connectivity index (χ3n) is 2.57. The lowest BCUT2D eigenvalue weighted by Crippen LogP contribution is -2.35. The molecule has 1 aromatic heterocycles. The molecule has 0 radical (unpaired) electrons. The van der Waals surface area contributed by atoms with Gasteiger partial charge in [-0.1, -0.05) is 0 Å². The molecule has 1 aliphatic heterocycles. The molecule has 0 bridgehead atoms. The molecule has 1 aromatic rings. The van der Waals surface area contributed by atoms with Crippen molar-refractivity contribution in [1.29, 1.82) is 0 Å². The molecule has 2 heterocycles. The monoisotopic (exact) mass is 164 g/mol. The van der Waals surface area contributed by atoms with Crippen LogP contribution >= 0.6 is 0 Å². The number of hydrogen-bond acceptors (Lipinski definition) is 4. The fourth-order valence-corrected chi connectivity index (χ4v) is 1.51. The standard InChI is InChI=1S/C8H12N4/c1-6-11(2)7-4-9-10-5-8(7)12(6)3/h4-6H,1-3H3. The van der Waals surface area contributed by atoms with Gasteiger partial charge in [0.15, 0.2) is 0 Å². The Morgan fingerprint density at radius 3 is 1.92 bits per heavy atom. The summed E-state index contributed by atoms with van der Waals surface area (Å²) in [5.74, 6) is 0. The Morgan fingerprint density at radius 2 is 1.50 bits per heavy atom. The summed E-state index contributed by atoms with van der Waals surface area (Å²) in [7, 11) is 4.13. The molecule has 0 aliphatic carbocycles. The maximum absolute atomic E-state index is 3.86. The molecule has 0 unspecified atom stereocenters. The normalized spacial score (nSPS) is 16.9. The van der Waals surface area contributed by atoms with E-state index < -0.39 is 0 Å². The van der Waals surface area contributed by atoms with E-state index in [9.17, 15) is 0 Å². The van der Waals surface area contributed by atoms with E-state index in [1.165, 1.54) is 0 Å². The zero-order valence-electron chi connectivity index (χ0n) is 7.52. The highest BCUT2D eigenvalue weighted by molar-refractivity contribution is 5.74. The van der Waals surface area contributed by atoms with Crippen molar-refractivity contribution in [3.63, 3.8) is 0 Å². The van der Waals surface area contributed by atoms with E-state index in [0.717, 1.165) is 11.4 Å². The van der Waals surface area contributed by atoms with Crippen LogP contribution in [0.5, 0.6) is 0 Å². The van der Waals surface area contributed by atoms with Gasteiger partial charge < -0.3 is 9.80 Å². The molecular formula is C8H12N4. The van der Waals surface area contributed by atoms with Crippen LogP contribution in [0.2, 0.25) is 0 Å². The Labute approximate surface area is 71.8 Å². The van der Waals surface area contributed by atoms with Crippen molar-refractivity contribution >= 4 is 11.4 Å². The zero-order valence-corrected chi connectivity index (χ0v) is 7.52. The quantitative estimate of drug-likeness (QED) is 0.565. The maximum atomic E-state index is 3.86. The number of nitrogens with zero attached hydrogens (tertiary/aromatic N) is 4. The second kappa shape index (κ2) is 2.33. The van der Waals surface area contributed by atoms with Gasteiger partial charge >= 0.3 is 0 Å². The predicted octanol–water partition coefficient (Wildman–Crippen LogP) is 0.709. The number of fused-ring (bicyclic) bond motifs is 1. The summed E-state index contributed by atoms with van der Waals surface area (Å²) in [6.45, 7) is 2.15. The number of hydrogen-bond donors (Lipinski definition) is 0. The first-order chi connectivity index (χ1) is 5.72. The van der Waals surface area contributed by atoms with Crippen LogP contribution in [0, 0.1) is 0 Å². The Hall–Kier alpha value is -1.32. The third-order valence-corrected chi connectivity index (χ3v) is 2.57. The van der Waals surface area contributed by atoms with Crippen molar-refractivity contribution < 1.29 is 0 Å². The summed E-state index contributed by atoms with van der Waals surface area (Å²) in [5.41, 5.74) is 2.31. The van der Waals surface area contributed by atoms with Crippen molar-refractivity contribution in [1.82, 2.24) is 10.2 Å². The van der Waals surface area contributed by atoms with Crippen molar-refractivity contribution in [3.05, 3.63) is 12.4 Å². The lowest BCUT2D eigenvalue weighted by molar-refractivity contribution is 0.709. The molecule has 0 aromatic carbocycles. The largest absolute Gasteiger partial charge is 0.352 e. The minimum atomic E-state index is 0.394. The van der Waals surface area contributed by atoms with Gasteiger partial charge in [0.25, 0.3) is 0 Å². The Morgan fingerprint density at radius 1 is 1.08 bits per heavy atom. The van der Waals surface area contributed by atoms with Gasteiger partial charge in [0.05, 0.1) is 29.9 Å². The molecule has 0 N–H and O–H groups in total. The second-order valence-corrected chi connectivity index (χ2v) is 3.11. The van der Waals surface area contributed by atoms with Crippen molar-refractivity contribution in [2.75, 3.05) is 23.9 Å². The summed E-state index contributed by atoms with van der Waals surface area (Å²) in [4.78, 5) is 4.37. The smallest absolute Gasteiger partial charge is 0.0983 e. The number of aromatic nitrogens is 2. The minimum absolute atomic E-state index is 0.394. The first kappa shape index (κ1) is 7.34. The first-order valence-corrected chi connectivity index (χ1v) is 3.98. The molecule has 4 nitrogen and oxygen atoms in total. The van der Waals surface area contributed by atoms with Crippen LogP contribution in [-0.2, 0) is 0 Å². The van der Waals surface area contributed by atoms with Gasteiger partial charge in [0.1, 0.15) is 0 Å². The molecule has 12 heavy (non-hydrogen) atoms. The number of anilines is 2. The fraction of sp³-hybridized carbons (Fsp3) is 0.500. The van der Waals surface area contributed by atoms with Crippen LogP contribution in [0.4, 0.5) is 11.4 Å². The fourth-order valence-electron chi connectivity index (χ4n) is 1.51. The average molecular weight is 164 g/mol. The van der Waals surface area contributed by atoms with Crippen LogP contribution in [0.3, 0.4) is 0 Å². The molecule has 1 aliphatic rings. The molecule has 0 fully saturated rings. The molecule has 0 spiro atoms. The first-order valence-electron chi connectivity index (χ1n) is 3.98. The van der Waals surface area contributed by atoms with Gasteiger partial charge in [-0.3, -0.25) is 0 Å². The average Bonchev–Trinajstić information content (AvgIpc) is 2.33. The summed E-state index contributed by atoms with van der Waals surface area (Å²) in [5, 5.41) is 7.71. The number of rotatable bonds is 0. The molecular weight excluding hydrogens is 152 g/mol. The lowest BCUT2D eigenvalue weighted by Gasteiger charge is -2.22. The van der Waals surface area contributed by atoms with E-state index in [4.69, 9.17) is 0 Å². The summed E-state index contributed by atoms with van der Waals surface area (Å²) < 4.78 is 0. The highest BCUT2D eigenvalue weighted by Gasteiger charge is 2.27. The minimum Gasteiger partial charge on any atom is -0.352 e. The Balaban J connectivity index is 2.52. The molecule has 2 rings (SSSR count). The summed E-state index contributed by atoms with van der Waals surface area (Å²) >= 11 is 0. The van der Waals surface area contributed by atoms with Crippen LogP contribution in [0.15, 0.2) is 12.4 Å². The van der Waals surface area contributed by atoms with Crippen LogP contribution in [-0.4, -0.2) is 30.5 Å². The van der Waals surface area contributed by atoms with Crippen LogP contribution in [0.25, 0.3) is 0 Å². The topological polar surface area (TPSA) is 32.3 Å². The Bertz CT molecular complexity index is 270. The van der Waals surface area contributed by atoms with Gasteiger partial charge in [0.2, 0.25) is 0 Å². The molecule has 0 amide bonds. The zero-order chi connectivity index (χ0) is 8.72. The van der Waals surface area contributed by atoms with E-state index in [-0.39, 0.29) is 0 Å². The van der Waals surface area contributed by atoms with Crippen molar-refractivity contribution in [3.8, 4) is 0 Å². The van der Waals surface area contributed by atoms with Crippen LogP contribution in [0.1, 0.15) is 6.92 Å². The van der Waals surface area contributed by atoms with Gasteiger partial charge in [-0.15, -0.1) is 0 Å².